The molecule has 0 spiro atoms. The predicted molar refractivity (Wildman–Crippen MR) is 94.0 cm³/mol. The normalized spacial score (nSPS) is 16.6. The molecule has 0 saturated carbocycles. The number of carbonyl (C=O) groups is 1. The summed E-state index contributed by atoms with van der Waals surface area (Å²) in [4.78, 5) is 13.1. The maximum Gasteiger partial charge on any atom is 0.342 e. The van der Waals surface area contributed by atoms with E-state index in [1.54, 1.807) is 25.6 Å². The largest absolute Gasteiger partial charge is 0.342 e. The molecule has 0 aromatic heterocycles. The molecule has 1 heterocycles. The predicted octanol–water partition coefficient (Wildman–Crippen LogP) is 2.71. The molecule has 23 heavy (non-hydrogen) atoms. The van der Waals surface area contributed by atoms with Crippen LogP contribution in [0.2, 0.25) is 0 Å². The molecule has 0 aliphatic carbocycles. The smallest absolute Gasteiger partial charge is 0.325 e. The molecule has 1 aliphatic rings. The van der Waals surface area contributed by atoms with Gasteiger partial charge in [0, 0.05) is 17.0 Å². The second-order valence-corrected chi connectivity index (χ2v) is 7.29. The van der Waals surface area contributed by atoms with Gasteiger partial charge in [0.15, 0.2) is 0 Å². The molecule has 1 aromatic rings. The highest BCUT2D eigenvalue weighted by molar-refractivity contribution is 7.98. The van der Waals surface area contributed by atoms with Crippen LogP contribution in [0.3, 0.4) is 0 Å². The van der Waals surface area contributed by atoms with Crippen LogP contribution in [-0.4, -0.2) is 26.3 Å². The lowest BCUT2D eigenvalue weighted by Crippen LogP contribution is -2.28. The van der Waals surface area contributed by atoms with E-state index >= 15 is 0 Å². The number of carbonyl (C=O) groups excluding carboxylic acids is 1. The molecule has 6 nitrogen and oxygen atoms in total. The highest BCUT2D eigenvalue weighted by Crippen LogP contribution is 2.25. The highest BCUT2D eigenvalue weighted by Gasteiger charge is 2.20. The van der Waals surface area contributed by atoms with E-state index in [-0.39, 0.29) is 12.3 Å². The Morgan fingerprint density at radius 3 is 2.65 bits per heavy atom. The SMILES string of the molecule is CSc1ccccc1NC(=O)CCC1=C(C)NS(=O)(=O)N=C1C. The van der Waals surface area contributed by atoms with E-state index in [4.69, 9.17) is 0 Å². The Labute approximate surface area is 140 Å². The van der Waals surface area contributed by atoms with Crippen molar-refractivity contribution in [3.8, 4) is 0 Å². The summed E-state index contributed by atoms with van der Waals surface area (Å²) in [5, 5.41) is 2.89. The number of hydrogen-bond acceptors (Lipinski definition) is 4. The number of amides is 1. The molecule has 2 rings (SSSR count). The minimum atomic E-state index is -3.63. The lowest BCUT2D eigenvalue weighted by molar-refractivity contribution is -0.116. The van der Waals surface area contributed by atoms with Crippen LogP contribution in [0.5, 0.6) is 0 Å². The highest BCUT2D eigenvalue weighted by atomic mass is 32.2. The van der Waals surface area contributed by atoms with Crippen LogP contribution >= 0.6 is 11.8 Å². The summed E-state index contributed by atoms with van der Waals surface area (Å²) in [6, 6.07) is 7.59. The number of benzene rings is 1. The first-order valence-corrected chi connectivity index (χ1v) is 9.71. The summed E-state index contributed by atoms with van der Waals surface area (Å²) < 4.78 is 28.9. The van der Waals surface area contributed by atoms with Gasteiger partial charge < -0.3 is 5.32 Å². The van der Waals surface area contributed by atoms with Crippen LogP contribution in [0.4, 0.5) is 5.69 Å². The minimum Gasteiger partial charge on any atom is -0.325 e. The molecule has 1 aromatic carbocycles. The van der Waals surface area contributed by atoms with Crippen molar-refractivity contribution in [3.05, 3.63) is 35.5 Å². The van der Waals surface area contributed by atoms with Crippen molar-refractivity contribution in [1.82, 2.24) is 4.72 Å². The molecule has 0 unspecified atom stereocenters. The Bertz CT molecular complexity index is 783. The van der Waals surface area contributed by atoms with E-state index in [1.165, 1.54) is 0 Å². The molecule has 2 N–H and O–H groups in total. The first kappa shape index (κ1) is 17.6. The zero-order chi connectivity index (χ0) is 17.0. The number of nitrogens with one attached hydrogen (secondary N) is 2. The number of nitrogens with zero attached hydrogens (tertiary/aromatic N) is 1. The lowest BCUT2D eigenvalue weighted by Gasteiger charge is -2.18. The van der Waals surface area contributed by atoms with Crippen molar-refractivity contribution in [2.24, 2.45) is 4.40 Å². The number of allylic oxidation sites excluding steroid dienone is 2. The quantitative estimate of drug-likeness (QED) is 0.797. The monoisotopic (exact) mass is 353 g/mol. The average molecular weight is 353 g/mol. The van der Waals surface area contributed by atoms with Gasteiger partial charge >= 0.3 is 10.2 Å². The second kappa shape index (κ2) is 7.18. The van der Waals surface area contributed by atoms with E-state index in [2.05, 4.69) is 14.4 Å². The number of thioether (sulfide) groups is 1. The number of rotatable bonds is 5. The maximum absolute atomic E-state index is 12.1. The fourth-order valence-corrected chi connectivity index (χ4v) is 3.93. The number of hydrogen-bond donors (Lipinski definition) is 2. The van der Waals surface area contributed by atoms with E-state index in [0.717, 1.165) is 16.2 Å². The van der Waals surface area contributed by atoms with E-state index < -0.39 is 10.2 Å². The molecule has 0 atom stereocenters. The fraction of sp³-hybridized carbons (Fsp3) is 0.333. The van der Waals surface area contributed by atoms with Gasteiger partial charge in [-0.25, -0.2) is 0 Å². The molecule has 0 bridgehead atoms. The van der Waals surface area contributed by atoms with Gasteiger partial charge in [-0.1, -0.05) is 12.1 Å². The van der Waals surface area contributed by atoms with Gasteiger partial charge in [0.05, 0.1) is 11.4 Å². The molecule has 0 saturated heterocycles. The van der Waals surface area contributed by atoms with Crippen LogP contribution < -0.4 is 10.0 Å². The van der Waals surface area contributed by atoms with Crippen molar-refractivity contribution in [1.29, 1.82) is 0 Å². The topological polar surface area (TPSA) is 87.6 Å². The van der Waals surface area contributed by atoms with Crippen molar-refractivity contribution in [2.75, 3.05) is 11.6 Å². The molecule has 8 heteroatoms. The van der Waals surface area contributed by atoms with Crippen molar-refractivity contribution in [3.63, 3.8) is 0 Å². The zero-order valence-corrected chi connectivity index (χ0v) is 14.8. The molecule has 0 fully saturated rings. The minimum absolute atomic E-state index is 0.118. The first-order chi connectivity index (χ1) is 10.8. The summed E-state index contributed by atoms with van der Waals surface area (Å²) in [5.41, 5.74) is 2.49. The molecule has 0 radical (unpaired) electrons. The fourth-order valence-electron chi connectivity index (χ4n) is 2.35. The summed E-state index contributed by atoms with van der Waals surface area (Å²) >= 11 is 1.56. The molecular weight excluding hydrogens is 334 g/mol. The van der Waals surface area contributed by atoms with Gasteiger partial charge in [0.25, 0.3) is 0 Å². The Balaban J connectivity index is 2.01. The first-order valence-electron chi connectivity index (χ1n) is 7.04. The van der Waals surface area contributed by atoms with Crippen molar-refractivity contribution >= 4 is 39.3 Å². The van der Waals surface area contributed by atoms with Gasteiger partial charge in [0.2, 0.25) is 5.91 Å². The molecular formula is C15H19N3O3S2. The van der Waals surface area contributed by atoms with Crippen molar-refractivity contribution < 1.29 is 13.2 Å². The standard InChI is InChI=1S/C15H19N3O3S2/c1-10-12(11(2)18-23(20,21)17-10)8-9-15(19)16-13-6-4-5-7-14(13)22-3/h4-7,17H,8-9H2,1-3H3,(H,16,19). The van der Waals surface area contributed by atoms with Crippen molar-refractivity contribution in [2.45, 2.75) is 31.6 Å². The van der Waals surface area contributed by atoms with Crippen LogP contribution in [0, 0.1) is 0 Å². The second-order valence-electron chi connectivity index (χ2n) is 5.11. The lowest BCUT2D eigenvalue weighted by atomic mass is 10.0. The van der Waals surface area contributed by atoms with Gasteiger partial charge in [-0.15, -0.1) is 16.2 Å². The Morgan fingerprint density at radius 1 is 1.30 bits per heavy atom. The third kappa shape index (κ3) is 4.59. The number of para-hydroxylation sites is 1. The van der Waals surface area contributed by atoms with E-state index in [1.807, 2.05) is 30.5 Å². The number of anilines is 1. The van der Waals surface area contributed by atoms with Gasteiger partial charge in [-0.2, -0.15) is 8.42 Å². The Morgan fingerprint density at radius 2 is 2.00 bits per heavy atom. The van der Waals surface area contributed by atoms with Crippen LogP contribution in [0.1, 0.15) is 26.7 Å². The van der Waals surface area contributed by atoms with Gasteiger partial charge in [-0.3, -0.25) is 9.52 Å². The van der Waals surface area contributed by atoms with Gasteiger partial charge in [-0.05, 0) is 44.2 Å². The summed E-state index contributed by atoms with van der Waals surface area (Å²) in [6.07, 6.45) is 2.63. The average Bonchev–Trinajstić information content (AvgIpc) is 2.45. The van der Waals surface area contributed by atoms with Crippen LogP contribution in [0.25, 0.3) is 0 Å². The van der Waals surface area contributed by atoms with E-state index in [0.29, 0.717) is 17.8 Å². The third-order valence-electron chi connectivity index (χ3n) is 3.41. The Hall–Kier alpha value is -1.80. The van der Waals surface area contributed by atoms with Crippen LogP contribution in [-0.2, 0) is 15.0 Å². The summed E-state index contributed by atoms with van der Waals surface area (Å²) in [6.45, 7) is 3.31. The summed E-state index contributed by atoms with van der Waals surface area (Å²) in [7, 11) is -3.63. The zero-order valence-electron chi connectivity index (χ0n) is 13.2. The van der Waals surface area contributed by atoms with E-state index in [9.17, 15) is 13.2 Å². The van der Waals surface area contributed by atoms with Gasteiger partial charge in [0.1, 0.15) is 0 Å². The maximum atomic E-state index is 12.1. The van der Waals surface area contributed by atoms with Crippen LogP contribution in [0.15, 0.2) is 44.8 Å². The molecule has 124 valence electrons. The molecule has 1 aliphatic heterocycles. The summed E-state index contributed by atoms with van der Waals surface area (Å²) in [5.74, 6) is -0.118. The molecule has 1 amide bonds. The third-order valence-corrected chi connectivity index (χ3v) is 5.29. The Kier molecular flexibility index (Phi) is 5.48.